The Labute approximate surface area is 188 Å². The normalized spacial score (nSPS) is 14.6. The van der Waals surface area contributed by atoms with Crippen LogP contribution in [0.5, 0.6) is 11.5 Å². The molecule has 1 aliphatic rings. The van der Waals surface area contributed by atoms with E-state index < -0.39 is 6.04 Å². The summed E-state index contributed by atoms with van der Waals surface area (Å²) in [6, 6.07) is 12.5. The standard InChI is InChI=1S/C25H31FN2O4/c1-3-23(25(30)27-20-8-4-5-9-20)28(16-18-7-6-10-22(15-18)31-2)24(29)17-32-21-13-11-19(26)12-14-21/h6-7,10-15,20,23H,3-5,8-9,16-17H2,1-2H3,(H,27,30)/t23-/m1/s1. The van der Waals surface area contributed by atoms with Crippen LogP contribution in [-0.4, -0.2) is 42.5 Å². The molecule has 0 heterocycles. The average Bonchev–Trinajstić information content (AvgIpc) is 3.31. The van der Waals surface area contributed by atoms with E-state index in [1.165, 1.54) is 24.3 Å². The molecule has 2 amide bonds. The molecule has 1 N–H and O–H groups in total. The molecular weight excluding hydrogens is 411 g/mol. The van der Waals surface area contributed by atoms with Crippen molar-refractivity contribution in [3.05, 3.63) is 59.9 Å². The van der Waals surface area contributed by atoms with Crippen molar-refractivity contribution in [3.8, 4) is 11.5 Å². The number of rotatable bonds is 10. The Balaban J connectivity index is 1.76. The van der Waals surface area contributed by atoms with Gasteiger partial charge in [-0.15, -0.1) is 0 Å². The number of carbonyl (C=O) groups is 2. The molecule has 172 valence electrons. The molecule has 1 fully saturated rings. The van der Waals surface area contributed by atoms with Gasteiger partial charge in [0, 0.05) is 12.6 Å². The first-order valence-electron chi connectivity index (χ1n) is 11.1. The minimum atomic E-state index is -0.619. The molecule has 1 atom stereocenters. The smallest absolute Gasteiger partial charge is 0.261 e. The van der Waals surface area contributed by atoms with Crippen molar-refractivity contribution in [2.75, 3.05) is 13.7 Å². The third-order valence-electron chi connectivity index (χ3n) is 5.75. The number of hydrogen-bond acceptors (Lipinski definition) is 4. The van der Waals surface area contributed by atoms with Gasteiger partial charge < -0.3 is 19.7 Å². The van der Waals surface area contributed by atoms with Gasteiger partial charge in [0.1, 0.15) is 23.4 Å². The Hall–Kier alpha value is -3.09. The van der Waals surface area contributed by atoms with Gasteiger partial charge in [-0.2, -0.15) is 0 Å². The van der Waals surface area contributed by atoms with Crippen molar-refractivity contribution in [2.45, 2.75) is 57.7 Å². The van der Waals surface area contributed by atoms with Crippen molar-refractivity contribution >= 4 is 11.8 Å². The molecule has 0 bridgehead atoms. The zero-order valence-corrected chi connectivity index (χ0v) is 18.7. The molecule has 0 aromatic heterocycles. The first-order valence-corrected chi connectivity index (χ1v) is 11.1. The van der Waals surface area contributed by atoms with Crippen LogP contribution < -0.4 is 14.8 Å². The van der Waals surface area contributed by atoms with Crippen LogP contribution in [-0.2, 0) is 16.1 Å². The Bertz CT molecular complexity index is 897. The van der Waals surface area contributed by atoms with Crippen LogP contribution in [0.2, 0.25) is 0 Å². The molecule has 1 saturated carbocycles. The molecule has 0 saturated heterocycles. The maximum atomic E-state index is 13.2. The molecular formula is C25H31FN2O4. The van der Waals surface area contributed by atoms with Crippen LogP contribution in [0.4, 0.5) is 4.39 Å². The van der Waals surface area contributed by atoms with E-state index in [2.05, 4.69) is 5.32 Å². The van der Waals surface area contributed by atoms with Gasteiger partial charge in [-0.3, -0.25) is 9.59 Å². The summed E-state index contributed by atoms with van der Waals surface area (Å²) in [4.78, 5) is 27.8. The molecule has 0 aliphatic heterocycles. The minimum absolute atomic E-state index is 0.141. The lowest BCUT2D eigenvalue weighted by atomic mass is 10.1. The number of ether oxygens (including phenoxy) is 2. The van der Waals surface area contributed by atoms with E-state index in [4.69, 9.17) is 9.47 Å². The van der Waals surface area contributed by atoms with Crippen LogP contribution >= 0.6 is 0 Å². The highest BCUT2D eigenvalue weighted by molar-refractivity contribution is 5.88. The van der Waals surface area contributed by atoms with E-state index >= 15 is 0 Å². The summed E-state index contributed by atoms with van der Waals surface area (Å²) in [6.45, 7) is 1.90. The van der Waals surface area contributed by atoms with Gasteiger partial charge in [0.15, 0.2) is 6.61 Å². The number of halogens is 1. The molecule has 0 unspecified atom stereocenters. The first kappa shape index (κ1) is 23.6. The van der Waals surface area contributed by atoms with Gasteiger partial charge in [-0.1, -0.05) is 31.9 Å². The maximum absolute atomic E-state index is 13.2. The molecule has 2 aromatic rings. The van der Waals surface area contributed by atoms with Gasteiger partial charge in [0.25, 0.3) is 5.91 Å². The van der Waals surface area contributed by atoms with Gasteiger partial charge >= 0.3 is 0 Å². The lowest BCUT2D eigenvalue weighted by Gasteiger charge is -2.31. The van der Waals surface area contributed by atoms with Gasteiger partial charge in [-0.25, -0.2) is 4.39 Å². The topological polar surface area (TPSA) is 67.9 Å². The fourth-order valence-electron chi connectivity index (χ4n) is 4.01. The number of methoxy groups -OCH3 is 1. The Morgan fingerprint density at radius 3 is 2.50 bits per heavy atom. The highest BCUT2D eigenvalue weighted by Gasteiger charge is 2.31. The first-order chi connectivity index (χ1) is 15.5. The summed E-state index contributed by atoms with van der Waals surface area (Å²) < 4.78 is 24.0. The Morgan fingerprint density at radius 1 is 1.12 bits per heavy atom. The molecule has 0 radical (unpaired) electrons. The molecule has 32 heavy (non-hydrogen) atoms. The molecule has 1 aliphatic carbocycles. The van der Waals surface area contributed by atoms with Crippen molar-refractivity contribution in [1.82, 2.24) is 10.2 Å². The zero-order valence-electron chi connectivity index (χ0n) is 18.7. The monoisotopic (exact) mass is 442 g/mol. The number of hydrogen-bond donors (Lipinski definition) is 1. The number of nitrogens with one attached hydrogen (secondary N) is 1. The van der Waals surface area contributed by atoms with Crippen molar-refractivity contribution in [1.29, 1.82) is 0 Å². The second-order valence-corrected chi connectivity index (χ2v) is 8.03. The predicted octanol–water partition coefficient (Wildman–Crippen LogP) is 4.08. The van der Waals surface area contributed by atoms with Crippen LogP contribution in [0.15, 0.2) is 48.5 Å². The minimum Gasteiger partial charge on any atom is -0.497 e. The molecule has 0 spiro atoms. The molecule has 6 nitrogen and oxygen atoms in total. The summed E-state index contributed by atoms with van der Waals surface area (Å²) in [5.41, 5.74) is 0.853. The van der Waals surface area contributed by atoms with Crippen LogP contribution in [0.1, 0.15) is 44.6 Å². The van der Waals surface area contributed by atoms with Crippen LogP contribution in [0.3, 0.4) is 0 Å². The fourth-order valence-corrected chi connectivity index (χ4v) is 4.01. The number of amides is 2. The lowest BCUT2D eigenvalue weighted by molar-refractivity contribution is -0.143. The SMILES string of the molecule is CC[C@H](C(=O)NC1CCCC1)N(Cc1cccc(OC)c1)C(=O)COc1ccc(F)cc1. The summed E-state index contributed by atoms with van der Waals surface area (Å²) in [6.07, 6.45) is 4.64. The average molecular weight is 443 g/mol. The summed E-state index contributed by atoms with van der Waals surface area (Å²) in [7, 11) is 1.59. The van der Waals surface area contributed by atoms with Crippen LogP contribution in [0.25, 0.3) is 0 Å². The summed E-state index contributed by atoms with van der Waals surface area (Å²) >= 11 is 0. The van der Waals surface area contributed by atoms with Crippen molar-refractivity contribution < 1.29 is 23.5 Å². The number of nitrogens with zero attached hydrogens (tertiary/aromatic N) is 1. The van der Waals surface area contributed by atoms with Gasteiger partial charge in [0.05, 0.1) is 7.11 Å². The highest BCUT2D eigenvalue weighted by Crippen LogP contribution is 2.21. The largest absolute Gasteiger partial charge is 0.497 e. The molecule has 7 heteroatoms. The lowest BCUT2D eigenvalue weighted by Crippen LogP contribution is -2.52. The summed E-state index contributed by atoms with van der Waals surface area (Å²) in [5.74, 6) is 0.242. The van der Waals surface area contributed by atoms with E-state index in [1.54, 1.807) is 12.0 Å². The Kier molecular flexibility index (Phi) is 8.48. The van der Waals surface area contributed by atoms with Gasteiger partial charge in [0.2, 0.25) is 5.91 Å². The van der Waals surface area contributed by atoms with Crippen LogP contribution in [0, 0.1) is 5.82 Å². The molecule has 3 rings (SSSR count). The third kappa shape index (κ3) is 6.45. The Morgan fingerprint density at radius 2 is 1.84 bits per heavy atom. The number of benzene rings is 2. The van der Waals surface area contributed by atoms with E-state index in [-0.39, 0.29) is 36.8 Å². The second-order valence-electron chi connectivity index (χ2n) is 8.03. The highest BCUT2D eigenvalue weighted by atomic mass is 19.1. The zero-order chi connectivity index (χ0) is 22.9. The van der Waals surface area contributed by atoms with E-state index in [9.17, 15) is 14.0 Å². The maximum Gasteiger partial charge on any atom is 0.261 e. The fraction of sp³-hybridized carbons (Fsp3) is 0.440. The van der Waals surface area contributed by atoms with E-state index in [0.717, 1.165) is 31.2 Å². The third-order valence-corrected chi connectivity index (χ3v) is 5.75. The van der Waals surface area contributed by atoms with E-state index in [0.29, 0.717) is 17.9 Å². The molecule has 2 aromatic carbocycles. The predicted molar refractivity (Wildman–Crippen MR) is 120 cm³/mol. The van der Waals surface area contributed by atoms with Crippen molar-refractivity contribution in [2.24, 2.45) is 0 Å². The quantitative estimate of drug-likeness (QED) is 0.602. The summed E-state index contributed by atoms with van der Waals surface area (Å²) in [5, 5.41) is 3.11. The second kappa shape index (κ2) is 11.5. The van der Waals surface area contributed by atoms with E-state index in [1.807, 2.05) is 31.2 Å². The van der Waals surface area contributed by atoms with Crippen molar-refractivity contribution in [3.63, 3.8) is 0 Å². The van der Waals surface area contributed by atoms with Gasteiger partial charge in [-0.05, 0) is 61.2 Å². The number of carbonyl (C=O) groups excluding carboxylic acids is 2.